The topological polar surface area (TPSA) is 117 Å². The Kier molecular flexibility index (Phi) is 32.1. The molecule has 2 atom stereocenters. The first-order chi connectivity index (χ1) is 20.9. The summed E-state index contributed by atoms with van der Waals surface area (Å²) >= 11 is 0. The highest BCUT2D eigenvalue weighted by Gasteiger charge is 2.25. The largest absolute Gasteiger partial charge is 0.472 e. The van der Waals surface area contributed by atoms with E-state index in [0.717, 1.165) is 44.9 Å². The van der Waals surface area contributed by atoms with Crippen molar-refractivity contribution in [3.8, 4) is 0 Å². The normalized spacial score (nSPS) is 13.9. The highest BCUT2D eigenvalue weighted by Crippen LogP contribution is 2.43. The van der Waals surface area contributed by atoms with E-state index >= 15 is 0 Å². The Balaban J connectivity index is 4.13. The van der Waals surface area contributed by atoms with Crippen molar-refractivity contribution in [1.29, 1.82) is 0 Å². The van der Waals surface area contributed by atoms with Crippen LogP contribution in [0.15, 0.2) is 12.2 Å². The minimum absolute atomic E-state index is 0.0943. The SMILES string of the molecule is CCCCCC/C=C\CCCCCCCC(=O)OC(COCCCCCCCCCCCCC)COP(=O)(O)OCCN. The number of unbranched alkanes of at least 4 members (excludes halogenated alkanes) is 19. The molecule has 0 saturated heterocycles. The van der Waals surface area contributed by atoms with E-state index in [0.29, 0.717) is 13.0 Å². The van der Waals surface area contributed by atoms with E-state index in [4.69, 9.17) is 24.3 Å². The zero-order valence-electron chi connectivity index (χ0n) is 28.0. The molecule has 0 aliphatic rings. The van der Waals surface area contributed by atoms with Crippen LogP contribution in [-0.2, 0) is 27.9 Å². The molecule has 8 nitrogen and oxygen atoms in total. The molecule has 0 aliphatic carbocycles. The molecule has 43 heavy (non-hydrogen) atoms. The minimum Gasteiger partial charge on any atom is -0.457 e. The van der Waals surface area contributed by atoms with E-state index in [1.54, 1.807) is 0 Å². The van der Waals surface area contributed by atoms with Crippen molar-refractivity contribution < 1.29 is 32.8 Å². The number of rotatable bonds is 34. The molecule has 9 heteroatoms. The van der Waals surface area contributed by atoms with Gasteiger partial charge in [0.1, 0.15) is 6.10 Å². The quantitative estimate of drug-likeness (QED) is 0.0311. The van der Waals surface area contributed by atoms with Crippen molar-refractivity contribution in [3.63, 3.8) is 0 Å². The smallest absolute Gasteiger partial charge is 0.457 e. The monoisotopic (exact) mass is 633 g/mol. The van der Waals surface area contributed by atoms with Crippen molar-refractivity contribution in [2.24, 2.45) is 5.73 Å². The fourth-order valence-corrected chi connectivity index (χ4v) is 5.58. The number of phosphoric ester groups is 1. The summed E-state index contributed by atoms with van der Waals surface area (Å²) in [6.07, 6.45) is 30.7. The average molecular weight is 634 g/mol. The maximum absolute atomic E-state index is 12.5. The van der Waals surface area contributed by atoms with Gasteiger partial charge in [-0.2, -0.15) is 0 Å². The fourth-order valence-electron chi connectivity index (χ4n) is 4.81. The number of nitrogens with two attached hydrogens (primary N) is 1. The highest BCUT2D eigenvalue weighted by molar-refractivity contribution is 7.47. The van der Waals surface area contributed by atoms with Gasteiger partial charge >= 0.3 is 13.8 Å². The number of carbonyl (C=O) groups excluding carboxylic acids is 1. The summed E-state index contributed by atoms with van der Waals surface area (Å²) in [5, 5.41) is 0. The highest BCUT2D eigenvalue weighted by atomic mass is 31.2. The van der Waals surface area contributed by atoms with Gasteiger partial charge in [0, 0.05) is 19.6 Å². The summed E-state index contributed by atoms with van der Waals surface area (Å²) in [5.41, 5.74) is 5.34. The lowest BCUT2D eigenvalue weighted by Crippen LogP contribution is -2.28. The number of ether oxygens (including phenoxy) is 2. The van der Waals surface area contributed by atoms with Crippen LogP contribution < -0.4 is 5.73 Å². The summed E-state index contributed by atoms with van der Waals surface area (Å²) in [6.45, 7) is 4.89. The molecule has 0 aromatic heterocycles. The summed E-state index contributed by atoms with van der Waals surface area (Å²) in [7, 11) is -4.26. The number of hydrogen-bond donors (Lipinski definition) is 2. The number of esters is 1. The van der Waals surface area contributed by atoms with Crippen LogP contribution in [0, 0.1) is 0 Å². The predicted molar refractivity (Wildman–Crippen MR) is 178 cm³/mol. The van der Waals surface area contributed by atoms with Gasteiger partial charge in [-0.1, -0.05) is 129 Å². The Bertz CT molecular complexity index is 677. The molecule has 0 bridgehead atoms. The molecule has 0 aromatic carbocycles. The van der Waals surface area contributed by atoms with Gasteiger partial charge in [0.15, 0.2) is 0 Å². The van der Waals surface area contributed by atoms with Gasteiger partial charge in [0.05, 0.1) is 19.8 Å². The van der Waals surface area contributed by atoms with Gasteiger partial charge in [-0.05, 0) is 38.5 Å². The van der Waals surface area contributed by atoms with Crippen molar-refractivity contribution >= 4 is 13.8 Å². The van der Waals surface area contributed by atoms with E-state index in [9.17, 15) is 14.3 Å². The lowest BCUT2D eigenvalue weighted by molar-refractivity contribution is -0.154. The third-order valence-corrected chi connectivity index (χ3v) is 8.42. The predicted octanol–water partition coefficient (Wildman–Crippen LogP) is 9.58. The number of carbonyl (C=O) groups is 1. The van der Waals surface area contributed by atoms with E-state index in [1.807, 2.05) is 0 Å². The van der Waals surface area contributed by atoms with Crippen molar-refractivity contribution in [1.82, 2.24) is 0 Å². The molecule has 0 saturated carbocycles. The molecule has 256 valence electrons. The maximum atomic E-state index is 12.5. The van der Waals surface area contributed by atoms with Crippen LogP contribution in [0.25, 0.3) is 0 Å². The average Bonchev–Trinajstić information content (AvgIpc) is 2.99. The fraction of sp³-hybridized carbons (Fsp3) is 0.912. The molecule has 0 aromatic rings. The van der Waals surface area contributed by atoms with Crippen LogP contribution in [0.5, 0.6) is 0 Å². The Morgan fingerprint density at radius 1 is 0.674 bits per heavy atom. The molecule has 2 unspecified atom stereocenters. The second-order valence-electron chi connectivity index (χ2n) is 11.7. The molecular weight excluding hydrogens is 565 g/mol. The lowest BCUT2D eigenvalue weighted by atomic mass is 10.1. The number of phosphoric acid groups is 1. The minimum atomic E-state index is -4.26. The summed E-state index contributed by atoms with van der Waals surface area (Å²) in [5.74, 6) is -0.339. The van der Waals surface area contributed by atoms with Crippen LogP contribution in [0.4, 0.5) is 0 Å². The van der Waals surface area contributed by atoms with Crippen molar-refractivity contribution in [2.75, 3.05) is 33.0 Å². The van der Waals surface area contributed by atoms with Gasteiger partial charge in [-0.25, -0.2) is 4.57 Å². The molecule has 0 fully saturated rings. The summed E-state index contributed by atoms with van der Waals surface area (Å²) < 4.78 is 33.2. The summed E-state index contributed by atoms with van der Waals surface area (Å²) in [6, 6.07) is 0. The first kappa shape index (κ1) is 42.2. The molecule has 0 radical (unpaired) electrons. The molecule has 0 amide bonds. The molecule has 0 heterocycles. The van der Waals surface area contributed by atoms with Crippen molar-refractivity contribution in [3.05, 3.63) is 12.2 Å². The van der Waals surface area contributed by atoms with Gasteiger partial charge < -0.3 is 20.1 Å². The van der Waals surface area contributed by atoms with Gasteiger partial charge in [0.2, 0.25) is 0 Å². The van der Waals surface area contributed by atoms with Crippen LogP contribution in [0.2, 0.25) is 0 Å². The maximum Gasteiger partial charge on any atom is 0.472 e. The van der Waals surface area contributed by atoms with Gasteiger partial charge in [0.25, 0.3) is 0 Å². The van der Waals surface area contributed by atoms with E-state index in [-0.39, 0.29) is 32.3 Å². The Labute approximate surface area is 264 Å². The van der Waals surface area contributed by atoms with Gasteiger partial charge in [-0.15, -0.1) is 0 Å². The third-order valence-electron chi connectivity index (χ3n) is 7.43. The first-order valence-corrected chi connectivity index (χ1v) is 19.2. The third kappa shape index (κ3) is 32.4. The lowest BCUT2D eigenvalue weighted by Gasteiger charge is -2.20. The standard InChI is InChI=1S/C34H68NO7P/c1-3-5-7-9-11-13-15-16-17-19-21-23-25-27-34(36)42-33(32-41-43(37,38)40-30-28-35)31-39-29-26-24-22-20-18-14-12-10-8-6-4-2/h13,15,33H,3-12,14,16-32,35H2,1-2H3,(H,37,38)/b15-13-. The molecular formula is C34H68NO7P. The van der Waals surface area contributed by atoms with Gasteiger partial charge in [-0.3, -0.25) is 13.8 Å². The molecule has 3 N–H and O–H groups in total. The second kappa shape index (κ2) is 32.6. The van der Waals surface area contributed by atoms with E-state index in [2.05, 4.69) is 26.0 Å². The van der Waals surface area contributed by atoms with Crippen LogP contribution >= 0.6 is 7.82 Å². The molecule has 0 spiro atoms. The number of hydrogen-bond acceptors (Lipinski definition) is 7. The Morgan fingerprint density at radius 3 is 1.72 bits per heavy atom. The van der Waals surface area contributed by atoms with Crippen LogP contribution in [0.3, 0.4) is 0 Å². The van der Waals surface area contributed by atoms with E-state index in [1.165, 1.54) is 96.3 Å². The zero-order chi connectivity index (χ0) is 31.7. The van der Waals surface area contributed by atoms with Crippen LogP contribution in [0.1, 0.15) is 162 Å². The van der Waals surface area contributed by atoms with Crippen molar-refractivity contribution in [2.45, 2.75) is 168 Å². The first-order valence-electron chi connectivity index (χ1n) is 17.7. The zero-order valence-corrected chi connectivity index (χ0v) is 28.8. The molecule has 0 aliphatic heterocycles. The van der Waals surface area contributed by atoms with E-state index < -0.39 is 13.9 Å². The second-order valence-corrected chi connectivity index (χ2v) is 13.2. The Morgan fingerprint density at radius 2 is 1.16 bits per heavy atom. The summed E-state index contributed by atoms with van der Waals surface area (Å²) in [4.78, 5) is 22.3. The van der Waals surface area contributed by atoms with Crippen LogP contribution in [-0.4, -0.2) is 49.9 Å². The number of allylic oxidation sites excluding steroid dienone is 2. The Hall–Kier alpha value is -0.760. The molecule has 0 rings (SSSR count).